The maximum absolute atomic E-state index is 11.9. The number of halogens is 2. The molecule has 0 aromatic heterocycles. The molecule has 22 heavy (non-hydrogen) atoms. The van der Waals surface area contributed by atoms with Gasteiger partial charge in [-0.1, -0.05) is 43.5 Å². The molecular formula is C15H19Cl2NO4. The predicted octanol–water partition coefficient (Wildman–Crippen LogP) is 3.08. The van der Waals surface area contributed by atoms with Crippen molar-refractivity contribution >= 4 is 35.1 Å². The van der Waals surface area contributed by atoms with E-state index in [9.17, 15) is 9.59 Å². The number of methoxy groups -OCH3 is 1. The molecule has 0 fully saturated rings. The van der Waals surface area contributed by atoms with Gasteiger partial charge in [0, 0.05) is 6.07 Å². The first-order valence-corrected chi connectivity index (χ1v) is 7.59. The number of nitrogens with one attached hydrogen (secondary N) is 1. The van der Waals surface area contributed by atoms with Gasteiger partial charge in [0.1, 0.15) is 11.8 Å². The van der Waals surface area contributed by atoms with Crippen LogP contribution in [0.3, 0.4) is 0 Å². The summed E-state index contributed by atoms with van der Waals surface area (Å²) >= 11 is 11.7. The van der Waals surface area contributed by atoms with Crippen LogP contribution in [-0.4, -0.2) is 31.6 Å². The third kappa shape index (κ3) is 5.39. The summed E-state index contributed by atoms with van der Waals surface area (Å²) in [4.78, 5) is 23.6. The lowest BCUT2D eigenvalue weighted by atomic mass is 9.99. The van der Waals surface area contributed by atoms with Gasteiger partial charge in [0.15, 0.2) is 6.61 Å². The van der Waals surface area contributed by atoms with Crippen molar-refractivity contribution in [2.75, 3.05) is 13.7 Å². The van der Waals surface area contributed by atoms with Gasteiger partial charge in [-0.05, 0) is 18.1 Å². The predicted molar refractivity (Wildman–Crippen MR) is 85.4 cm³/mol. The molecule has 1 amide bonds. The van der Waals surface area contributed by atoms with Crippen molar-refractivity contribution in [3.8, 4) is 5.75 Å². The molecule has 122 valence electrons. The van der Waals surface area contributed by atoms with Gasteiger partial charge in [0.05, 0.1) is 17.2 Å². The van der Waals surface area contributed by atoms with Crippen LogP contribution < -0.4 is 10.1 Å². The summed E-state index contributed by atoms with van der Waals surface area (Å²) in [6, 6.07) is 4.00. The highest BCUT2D eigenvalue weighted by Crippen LogP contribution is 2.26. The zero-order chi connectivity index (χ0) is 16.7. The lowest BCUT2D eigenvalue weighted by molar-refractivity contribution is -0.146. The summed E-state index contributed by atoms with van der Waals surface area (Å²) in [5.41, 5.74) is 0. The highest BCUT2D eigenvalue weighted by molar-refractivity contribution is 6.42. The third-order valence-electron chi connectivity index (χ3n) is 3.25. The summed E-state index contributed by atoms with van der Waals surface area (Å²) in [5.74, 6) is -0.511. The Hall–Kier alpha value is -1.46. The molecule has 0 spiro atoms. The minimum Gasteiger partial charge on any atom is -0.484 e. The number of esters is 1. The molecule has 1 N–H and O–H groups in total. The van der Waals surface area contributed by atoms with Crippen molar-refractivity contribution in [3.63, 3.8) is 0 Å². The Kier molecular flexibility index (Phi) is 7.48. The molecule has 1 aromatic carbocycles. The molecule has 0 saturated heterocycles. The highest BCUT2D eigenvalue weighted by atomic mass is 35.5. The monoisotopic (exact) mass is 347 g/mol. The molecule has 0 bridgehead atoms. The zero-order valence-corrected chi connectivity index (χ0v) is 14.2. The standard InChI is InChI=1S/C15H19Cl2NO4/c1-4-9(2)14(15(20)21-3)18-13(19)8-22-10-5-6-11(16)12(17)7-10/h5-7,9,14H,4,8H2,1-3H3,(H,18,19)/t9-,14-/m1/s1. The van der Waals surface area contributed by atoms with E-state index in [1.165, 1.54) is 13.2 Å². The van der Waals surface area contributed by atoms with E-state index in [0.717, 1.165) is 6.42 Å². The fraction of sp³-hybridized carbons (Fsp3) is 0.467. The van der Waals surface area contributed by atoms with Crippen molar-refractivity contribution < 1.29 is 19.1 Å². The third-order valence-corrected chi connectivity index (χ3v) is 3.98. The fourth-order valence-electron chi connectivity index (χ4n) is 1.73. The van der Waals surface area contributed by atoms with E-state index in [4.69, 9.17) is 32.7 Å². The lowest BCUT2D eigenvalue weighted by Crippen LogP contribution is -2.47. The summed E-state index contributed by atoms with van der Waals surface area (Å²) in [7, 11) is 1.29. The maximum atomic E-state index is 11.9. The van der Waals surface area contributed by atoms with Gasteiger partial charge in [0.25, 0.3) is 5.91 Å². The van der Waals surface area contributed by atoms with Crippen LogP contribution >= 0.6 is 23.2 Å². The SMILES string of the molecule is CC[C@@H](C)[C@@H](NC(=O)COc1ccc(Cl)c(Cl)c1)C(=O)OC. The first-order valence-electron chi connectivity index (χ1n) is 6.84. The Balaban J connectivity index is 2.60. The molecule has 5 nitrogen and oxygen atoms in total. The second-order valence-corrected chi connectivity index (χ2v) is 5.63. The quantitative estimate of drug-likeness (QED) is 0.769. The van der Waals surface area contributed by atoms with Gasteiger partial charge in [-0.3, -0.25) is 4.79 Å². The first-order chi connectivity index (χ1) is 10.4. The smallest absolute Gasteiger partial charge is 0.328 e. The minimum absolute atomic E-state index is 0.0404. The molecule has 0 aliphatic heterocycles. The summed E-state index contributed by atoms with van der Waals surface area (Å²) in [5, 5.41) is 3.36. The van der Waals surface area contributed by atoms with Gasteiger partial charge < -0.3 is 14.8 Å². The van der Waals surface area contributed by atoms with Crippen LogP contribution in [0, 0.1) is 5.92 Å². The number of benzene rings is 1. The maximum Gasteiger partial charge on any atom is 0.328 e. The Morgan fingerprint density at radius 1 is 1.27 bits per heavy atom. The van der Waals surface area contributed by atoms with Crippen LogP contribution in [0.4, 0.5) is 0 Å². The average molecular weight is 348 g/mol. The van der Waals surface area contributed by atoms with Crippen LogP contribution in [0.1, 0.15) is 20.3 Å². The van der Waals surface area contributed by atoms with E-state index in [-0.39, 0.29) is 12.5 Å². The number of ether oxygens (including phenoxy) is 2. The van der Waals surface area contributed by atoms with Crippen molar-refractivity contribution in [2.45, 2.75) is 26.3 Å². The number of carbonyl (C=O) groups is 2. The molecule has 0 aliphatic rings. The normalized spacial score (nSPS) is 13.1. The van der Waals surface area contributed by atoms with E-state index in [2.05, 4.69) is 5.32 Å². The summed E-state index contributed by atoms with van der Waals surface area (Å²) in [6.45, 7) is 3.56. The Bertz CT molecular complexity index is 536. The number of hydrogen-bond acceptors (Lipinski definition) is 4. The largest absolute Gasteiger partial charge is 0.484 e. The number of hydrogen-bond donors (Lipinski definition) is 1. The van der Waals surface area contributed by atoms with Crippen molar-refractivity contribution in [3.05, 3.63) is 28.2 Å². The van der Waals surface area contributed by atoms with E-state index in [1.807, 2.05) is 13.8 Å². The van der Waals surface area contributed by atoms with Crippen LogP contribution in [0.15, 0.2) is 18.2 Å². The topological polar surface area (TPSA) is 64.6 Å². The lowest BCUT2D eigenvalue weighted by Gasteiger charge is -2.21. The van der Waals surface area contributed by atoms with E-state index < -0.39 is 17.9 Å². The van der Waals surface area contributed by atoms with E-state index >= 15 is 0 Å². The molecular weight excluding hydrogens is 329 g/mol. The van der Waals surface area contributed by atoms with Crippen LogP contribution in [0.5, 0.6) is 5.75 Å². The number of rotatable bonds is 7. The number of amides is 1. The molecule has 0 unspecified atom stereocenters. The first kappa shape index (κ1) is 18.6. The molecule has 0 saturated carbocycles. The Morgan fingerprint density at radius 3 is 2.50 bits per heavy atom. The van der Waals surface area contributed by atoms with E-state index in [0.29, 0.717) is 15.8 Å². The van der Waals surface area contributed by atoms with Crippen molar-refractivity contribution in [1.82, 2.24) is 5.32 Å². The van der Waals surface area contributed by atoms with Crippen LogP contribution in [0.2, 0.25) is 10.0 Å². The van der Waals surface area contributed by atoms with E-state index in [1.54, 1.807) is 12.1 Å². The molecule has 7 heteroatoms. The fourth-order valence-corrected chi connectivity index (χ4v) is 2.01. The van der Waals surface area contributed by atoms with Gasteiger partial charge in [-0.15, -0.1) is 0 Å². The number of carbonyl (C=O) groups excluding carboxylic acids is 2. The molecule has 0 heterocycles. The minimum atomic E-state index is -0.695. The van der Waals surface area contributed by atoms with Gasteiger partial charge >= 0.3 is 5.97 Å². The second kappa shape index (κ2) is 8.86. The average Bonchev–Trinajstić information content (AvgIpc) is 2.52. The summed E-state index contributed by atoms with van der Waals surface area (Å²) < 4.78 is 10.0. The summed E-state index contributed by atoms with van der Waals surface area (Å²) in [6.07, 6.45) is 0.730. The van der Waals surface area contributed by atoms with Crippen molar-refractivity contribution in [2.24, 2.45) is 5.92 Å². The zero-order valence-electron chi connectivity index (χ0n) is 12.7. The Labute approximate surface area is 139 Å². The van der Waals surface area contributed by atoms with Crippen molar-refractivity contribution in [1.29, 1.82) is 0 Å². The molecule has 1 rings (SSSR count). The van der Waals surface area contributed by atoms with Crippen LogP contribution in [0.25, 0.3) is 0 Å². The second-order valence-electron chi connectivity index (χ2n) is 4.82. The van der Waals surface area contributed by atoms with Gasteiger partial charge in [0.2, 0.25) is 0 Å². The molecule has 2 atom stereocenters. The highest BCUT2D eigenvalue weighted by Gasteiger charge is 2.26. The molecule has 1 aromatic rings. The van der Waals surface area contributed by atoms with Gasteiger partial charge in [-0.25, -0.2) is 4.79 Å². The van der Waals surface area contributed by atoms with Crippen LogP contribution in [-0.2, 0) is 14.3 Å². The van der Waals surface area contributed by atoms with Gasteiger partial charge in [-0.2, -0.15) is 0 Å². The molecule has 0 radical (unpaired) electrons. The Morgan fingerprint density at radius 2 is 1.95 bits per heavy atom. The molecule has 0 aliphatic carbocycles.